The van der Waals surface area contributed by atoms with Gasteiger partial charge in [-0.25, -0.2) is 9.97 Å². The zero-order valence-corrected chi connectivity index (χ0v) is 34.1. The zero-order chi connectivity index (χ0) is 41.0. The lowest BCUT2D eigenvalue weighted by molar-refractivity contribution is 0.669. The van der Waals surface area contributed by atoms with Crippen LogP contribution in [0.3, 0.4) is 0 Å². The molecule has 0 N–H and O–H groups in total. The Hall–Kier alpha value is -7.93. The molecule has 11 aromatic rings. The standard InChI is InChI=1S/C56H34N4OS/c1-2-13-35(14-3-1)50-32-51(38-25-27-49(58-34-38)37-15-12-28-57-33-37)60-56(59-50)36-24-26-43-41-18-5-4-16-39(41)40-17-6-7-19-42(40)45-21-9-11-23-54(45)62-55-31-47-44-20-8-10-22-52(44)61-53(47)30-48(55)46(43)29-36/h1-34H. The Bertz CT molecular complexity index is 3490. The molecular weight excluding hydrogens is 777 g/mol. The smallest absolute Gasteiger partial charge is 0.160 e. The normalized spacial score (nSPS) is 11.8. The Morgan fingerprint density at radius 1 is 0.355 bits per heavy atom. The Morgan fingerprint density at radius 3 is 1.73 bits per heavy atom. The van der Waals surface area contributed by atoms with Gasteiger partial charge in [-0.2, -0.15) is 0 Å². The largest absolute Gasteiger partial charge is 0.456 e. The molecule has 0 spiro atoms. The molecule has 1 aliphatic rings. The third-order valence-electron chi connectivity index (χ3n) is 11.7. The van der Waals surface area contributed by atoms with E-state index in [9.17, 15) is 0 Å². The molecule has 290 valence electrons. The van der Waals surface area contributed by atoms with Crippen LogP contribution in [0.1, 0.15) is 0 Å². The van der Waals surface area contributed by atoms with Gasteiger partial charge in [0.1, 0.15) is 11.2 Å². The monoisotopic (exact) mass is 810 g/mol. The van der Waals surface area contributed by atoms with Gasteiger partial charge in [-0.05, 0) is 105 Å². The maximum atomic E-state index is 6.61. The number of pyridine rings is 2. The first-order valence-electron chi connectivity index (χ1n) is 20.6. The van der Waals surface area contributed by atoms with Crippen molar-refractivity contribution in [3.8, 4) is 89.7 Å². The maximum Gasteiger partial charge on any atom is 0.160 e. The molecule has 0 fully saturated rings. The summed E-state index contributed by atoms with van der Waals surface area (Å²) in [6.45, 7) is 0. The highest BCUT2D eigenvalue weighted by Crippen LogP contribution is 2.50. The van der Waals surface area contributed by atoms with Crippen LogP contribution in [0.15, 0.2) is 221 Å². The number of nitrogens with zero attached hydrogens (tertiary/aromatic N) is 4. The van der Waals surface area contributed by atoms with Gasteiger partial charge in [0.05, 0.1) is 17.1 Å². The van der Waals surface area contributed by atoms with Crippen molar-refractivity contribution >= 4 is 33.7 Å². The second kappa shape index (κ2) is 15.0. The third-order valence-corrected chi connectivity index (χ3v) is 12.8. The Morgan fingerprint density at radius 2 is 0.984 bits per heavy atom. The van der Waals surface area contributed by atoms with E-state index in [2.05, 4.69) is 145 Å². The van der Waals surface area contributed by atoms with Crippen LogP contribution in [0, 0.1) is 0 Å². The number of rotatable bonds is 4. The Labute approximate surface area is 362 Å². The van der Waals surface area contributed by atoms with Crippen molar-refractivity contribution in [3.63, 3.8) is 0 Å². The van der Waals surface area contributed by atoms with E-state index in [0.717, 1.165) is 94.0 Å². The van der Waals surface area contributed by atoms with E-state index in [1.165, 1.54) is 21.6 Å². The summed E-state index contributed by atoms with van der Waals surface area (Å²) in [6.07, 6.45) is 5.49. The quantitative estimate of drug-likeness (QED) is 0.176. The van der Waals surface area contributed by atoms with Gasteiger partial charge in [-0.1, -0.05) is 139 Å². The van der Waals surface area contributed by atoms with Gasteiger partial charge < -0.3 is 4.42 Å². The molecule has 4 aromatic heterocycles. The summed E-state index contributed by atoms with van der Waals surface area (Å²) in [4.78, 5) is 22.0. The van der Waals surface area contributed by atoms with Gasteiger partial charge in [-0.3, -0.25) is 9.97 Å². The van der Waals surface area contributed by atoms with Crippen LogP contribution in [0.5, 0.6) is 0 Å². The van der Waals surface area contributed by atoms with Crippen LogP contribution in [0.4, 0.5) is 0 Å². The molecule has 0 radical (unpaired) electrons. The minimum atomic E-state index is 0.623. The van der Waals surface area contributed by atoms with Gasteiger partial charge in [0, 0.05) is 61.4 Å². The highest BCUT2D eigenvalue weighted by Gasteiger charge is 2.24. The Balaban J connectivity index is 1.12. The number of fused-ring (bicyclic) bond motifs is 12. The number of benzene rings is 7. The van der Waals surface area contributed by atoms with Crippen molar-refractivity contribution in [3.05, 3.63) is 207 Å². The van der Waals surface area contributed by atoms with Crippen molar-refractivity contribution in [1.29, 1.82) is 0 Å². The van der Waals surface area contributed by atoms with Crippen molar-refractivity contribution in [2.24, 2.45) is 0 Å². The van der Waals surface area contributed by atoms with Gasteiger partial charge in [0.25, 0.3) is 0 Å². The number of aromatic nitrogens is 4. The molecule has 0 saturated carbocycles. The molecule has 5 nitrogen and oxygen atoms in total. The van der Waals surface area contributed by atoms with E-state index < -0.39 is 0 Å². The summed E-state index contributed by atoms with van der Waals surface area (Å²) in [5, 5.41) is 2.18. The fourth-order valence-corrected chi connectivity index (χ4v) is 9.83. The fourth-order valence-electron chi connectivity index (χ4n) is 8.70. The van der Waals surface area contributed by atoms with Crippen LogP contribution in [-0.2, 0) is 0 Å². The van der Waals surface area contributed by atoms with Crippen molar-refractivity contribution in [2.75, 3.05) is 0 Å². The van der Waals surface area contributed by atoms with Gasteiger partial charge in [-0.15, -0.1) is 0 Å². The van der Waals surface area contributed by atoms with Crippen LogP contribution in [-0.4, -0.2) is 19.9 Å². The molecule has 0 bridgehead atoms. The van der Waals surface area contributed by atoms with Crippen LogP contribution in [0.2, 0.25) is 0 Å². The first-order chi connectivity index (χ1) is 30.7. The van der Waals surface area contributed by atoms with E-state index in [1.807, 2.05) is 60.9 Å². The van der Waals surface area contributed by atoms with Gasteiger partial charge in [0.2, 0.25) is 0 Å². The zero-order valence-electron chi connectivity index (χ0n) is 33.2. The lowest BCUT2D eigenvalue weighted by Crippen LogP contribution is -1.98. The van der Waals surface area contributed by atoms with E-state index in [0.29, 0.717) is 5.82 Å². The molecule has 6 heteroatoms. The van der Waals surface area contributed by atoms with Crippen molar-refractivity contribution in [2.45, 2.75) is 9.79 Å². The Kier molecular flexibility index (Phi) is 8.68. The lowest BCUT2D eigenvalue weighted by Gasteiger charge is -2.18. The number of furan rings is 1. The van der Waals surface area contributed by atoms with E-state index in [1.54, 1.807) is 18.0 Å². The molecule has 5 heterocycles. The summed E-state index contributed by atoms with van der Waals surface area (Å²) >= 11 is 1.80. The second-order valence-electron chi connectivity index (χ2n) is 15.4. The molecule has 0 saturated heterocycles. The van der Waals surface area contributed by atoms with E-state index in [-0.39, 0.29) is 0 Å². The number of hydrogen-bond acceptors (Lipinski definition) is 6. The summed E-state index contributed by atoms with van der Waals surface area (Å²) in [7, 11) is 0. The first kappa shape index (κ1) is 36.0. The van der Waals surface area contributed by atoms with E-state index >= 15 is 0 Å². The predicted molar refractivity (Wildman–Crippen MR) is 253 cm³/mol. The number of hydrogen-bond donors (Lipinski definition) is 0. The summed E-state index contributed by atoms with van der Waals surface area (Å²) in [6, 6.07) is 66.2. The molecule has 12 rings (SSSR count). The lowest BCUT2D eigenvalue weighted by atomic mass is 9.86. The first-order valence-corrected chi connectivity index (χ1v) is 21.4. The van der Waals surface area contributed by atoms with Crippen molar-refractivity contribution < 1.29 is 4.42 Å². The molecule has 7 aromatic carbocycles. The minimum absolute atomic E-state index is 0.623. The third kappa shape index (κ3) is 6.28. The SMILES string of the molecule is c1ccc(-c2cc(-c3ccc(-c4cccnc4)nc3)nc(-c3ccc4c(c3)-c3cc5oc6ccccc6c5cc3Sc3ccccc3-c3ccccc3-c3ccccc3-4)n2)cc1. The summed E-state index contributed by atoms with van der Waals surface area (Å²) < 4.78 is 6.61. The fraction of sp³-hybridized carbons (Fsp3) is 0. The minimum Gasteiger partial charge on any atom is -0.456 e. The van der Waals surface area contributed by atoms with E-state index in [4.69, 9.17) is 19.4 Å². The molecule has 0 aliphatic carbocycles. The average molecular weight is 811 g/mol. The van der Waals surface area contributed by atoms with Crippen LogP contribution < -0.4 is 0 Å². The molecule has 0 unspecified atom stereocenters. The molecule has 62 heavy (non-hydrogen) atoms. The average Bonchev–Trinajstić information content (AvgIpc) is 3.71. The van der Waals surface area contributed by atoms with Crippen LogP contribution >= 0.6 is 11.8 Å². The topological polar surface area (TPSA) is 64.7 Å². The molecule has 1 aliphatic heterocycles. The highest BCUT2D eigenvalue weighted by molar-refractivity contribution is 7.99. The predicted octanol–water partition coefficient (Wildman–Crippen LogP) is 15.0. The van der Waals surface area contributed by atoms with Gasteiger partial charge >= 0.3 is 0 Å². The van der Waals surface area contributed by atoms with Crippen LogP contribution in [0.25, 0.3) is 112 Å². The number of para-hydroxylation sites is 1. The van der Waals surface area contributed by atoms with Gasteiger partial charge in [0.15, 0.2) is 5.82 Å². The summed E-state index contributed by atoms with van der Waals surface area (Å²) in [5.74, 6) is 0.623. The molecule has 0 atom stereocenters. The molecular formula is C56H34N4OS. The maximum absolute atomic E-state index is 6.61. The van der Waals surface area contributed by atoms with Crippen molar-refractivity contribution in [1.82, 2.24) is 19.9 Å². The highest BCUT2D eigenvalue weighted by atomic mass is 32.2. The molecule has 0 amide bonds. The second-order valence-corrected chi connectivity index (χ2v) is 16.5. The summed E-state index contributed by atoms with van der Waals surface area (Å²) in [5.41, 5.74) is 17.1.